The van der Waals surface area contributed by atoms with Crippen molar-refractivity contribution in [3.63, 3.8) is 0 Å². The molecule has 0 aliphatic heterocycles. The van der Waals surface area contributed by atoms with E-state index in [-0.39, 0.29) is 36.4 Å². The van der Waals surface area contributed by atoms with Crippen LogP contribution >= 0.6 is 24.0 Å². The topological polar surface area (TPSA) is 83.3 Å². The van der Waals surface area contributed by atoms with Gasteiger partial charge in [-0.3, -0.25) is 14.5 Å². The minimum absolute atomic E-state index is 0. The lowest BCUT2D eigenvalue weighted by molar-refractivity contribution is -0.116. The van der Waals surface area contributed by atoms with Gasteiger partial charge in [-0.1, -0.05) is 42.5 Å². The lowest BCUT2D eigenvalue weighted by Gasteiger charge is -2.13. The minimum Gasteiger partial charge on any atom is -0.352 e. The van der Waals surface area contributed by atoms with Gasteiger partial charge in [-0.2, -0.15) is 5.10 Å². The van der Waals surface area contributed by atoms with Gasteiger partial charge in [0.05, 0.1) is 0 Å². The summed E-state index contributed by atoms with van der Waals surface area (Å²) in [6.45, 7) is 1.48. The predicted molar refractivity (Wildman–Crippen MR) is 126 cm³/mol. The van der Waals surface area contributed by atoms with Crippen LogP contribution in [0.25, 0.3) is 0 Å². The number of hydrogen-bond acceptors (Lipinski definition) is 3. The lowest BCUT2D eigenvalue weighted by Crippen LogP contribution is -2.36. The number of nitrogens with zero attached hydrogens (tertiary/aromatic N) is 3. The first kappa shape index (κ1) is 22.4. The lowest BCUT2D eigenvalue weighted by atomic mass is 10.2. The van der Waals surface area contributed by atoms with Crippen LogP contribution in [0.5, 0.6) is 0 Å². The first-order chi connectivity index (χ1) is 13.7. The molecular weight excluding hydrogens is 479 g/mol. The van der Waals surface area contributed by atoms with Gasteiger partial charge in [0.15, 0.2) is 5.96 Å². The van der Waals surface area contributed by atoms with Crippen molar-refractivity contribution < 1.29 is 4.79 Å². The quantitative estimate of drug-likeness (QED) is 0.263. The van der Waals surface area contributed by atoms with Gasteiger partial charge in [0.2, 0.25) is 5.91 Å². The molecule has 7 nitrogen and oxygen atoms in total. The molecule has 0 saturated heterocycles. The van der Waals surface area contributed by atoms with E-state index in [0.717, 1.165) is 17.2 Å². The van der Waals surface area contributed by atoms with E-state index in [1.165, 1.54) is 5.56 Å². The molecule has 0 atom stereocenters. The second-order valence-corrected chi connectivity index (χ2v) is 6.22. The summed E-state index contributed by atoms with van der Waals surface area (Å²) in [6.07, 6.45) is 3.41. The van der Waals surface area contributed by atoms with E-state index in [4.69, 9.17) is 0 Å². The van der Waals surface area contributed by atoms with Crippen molar-refractivity contribution in [1.29, 1.82) is 0 Å². The molecule has 0 spiro atoms. The van der Waals surface area contributed by atoms with Gasteiger partial charge in [0.25, 0.3) is 0 Å². The van der Waals surface area contributed by atoms with E-state index in [1.807, 2.05) is 42.5 Å². The van der Waals surface area contributed by atoms with E-state index in [9.17, 15) is 4.79 Å². The molecule has 1 amide bonds. The molecule has 0 radical (unpaired) electrons. The molecule has 0 saturated carbocycles. The number of anilines is 1. The second kappa shape index (κ2) is 11.8. The van der Waals surface area contributed by atoms with E-state index < -0.39 is 0 Å². The van der Waals surface area contributed by atoms with Gasteiger partial charge in [0.1, 0.15) is 6.54 Å². The third-order valence-electron chi connectivity index (χ3n) is 4.06. The van der Waals surface area contributed by atoms with Crippen LogP contribution in [0.4, 0.5) is 5.69 Å². The molecule has 1 heterocycles. The zero-order valence-electron chi connectivity index (χ0n) is 16.2. The highest BCUT2D eigenvalue weighted by Crippen LogP contribution is 2.10. The first-order valence-corrected chi connectivity index (χ1v) is 9.07. The van der Waals surface area contributed by atoms with Crippen molar-refractivity contribution in [3.8, 4) is 0 Å². The van der Waals surface area contributed by atoms with Crippen LogP contribution < -0.4 is 16.0 Å². The van der Waals surface area contributed by atoms with E-state index in [2.05, 4.69) is 38.2 Å². The van der Waals surface area contributed by atoms with Crippen molar-refractivity contribution in [2.75, 3.05) is 12.4 Å². The number of nitrogens with one attached hydrogen (secondary N) is 3. The van der Waals surface area contributed by atoms with Gasteiger partial charge in [-0.25, -0.2) is 0 Å². The van der Waals surface area contributed by atoms with Crippen molar-refractivity contribution in [2.45, 2.75) is 19.6 Å². The fourth-order valence-electron chi connectivity index (χ4n) is 2.69. The summed E-state index contributed by atoms with van der Waals surface area (Å²) in [6, 6.07) is 19.7. The average Bonchev–Trinajstić information content (AvgIpc) is 3.22. The Hall–Kier alpha value is -2.88. The Morgan fingerprint density at radius 3 is 2.41 bits per heavy atom. The Bertz CT molecular complexity index is 912. The monoisotopic (exact) mass is 504 g/mol. The number of hydrogen-bond donors (Lipinski definition) is 3. The number of benzene rings is 2. The summed E-state index contributed by atoms with van der Waals surface area (Å²) in [5, 5.41) is 13.5. The van der Waals surface area contributed by atoms with E-state index in [0.29, 0.717) is 13.1 Å². The zero-order chi connectivity index (χ0) is 19.6. The maximum absolute atomic E-state index is 12.1. The van der Waals surface area contributed by atoms with Crippen LogP contribution in [-0.2, 0) is 24.4 Å². The molecule has 152 valence electrons. The molecule has 0 aliphatic carbocycles. The number of rotatable bonds is 7. The molecule has 0 aliphatic rings. The first-order valence-electron chi connectivity index (χ1n) is 9.07. The van der Waals surface area contributed by atoms with Crippen LogP contribution in [0.1, 0.15) is 11.1 Å². The van der Waals surface area contributed by atoms with Crippen molar-refractivity contribution in [2.24, 2.45) is 4.99 Å². The van der Waals surface area contributed by atoms with Crippen molar-refractivity contribution in [1.82, 2.24) is 20.4 Å². The fourth-order valence-corrected chi connectivity index (χ4v) is 2.69. The summed E-state index contributed by atoms with van der Waals surface area (Å²) >= 11 is 0. The smallest absolute Gasteiger partial charge is 0.246 e. The van der Waals surface area contributed by atoms with E-state index >= 15 is 0 Å². The van der Waals surface area contributed by atoms with Crippen molar-refractivity contribution in [3.05, 3.63) is 84.2 Å². The molecule has 3 rings (SSSR count). The maximum atomic E-state index is 12.1. The van der Waals surface area contributed by atoms with Crippen LogP contribution in [0, 0.1) is 0 Å². The highest BCUT2D eigenvalue weighted by Gasteiger charge is 2.05. The number of carbonyl (C=O) groups is 1. The third kappa shape index (κ3) is 7.57. The number of carbonyl (C=O) groups excluding carboxylic acids is 1. The van der Waals surface area contributed by atoms with Gasteiger partial charge in [0, 0.05) is 38.2 Å². The predicted octanol–water partition coefficient (Wildman–Crippen LogP) is 3.01. The fraction of sp³-hybridized carbons (Fsp3) is 0.190. The molecule has 1 aromatic heterocycles. The molecule has 3 N–H and O–H groups in total. The second-order valence-electron chi connectivity index (χ2n) is 6.22. The number of aromatic nitrogens is 2. The Balaban J connectivity index is 0.00000300. The van der Waals surface area contributed by atoms with Crippen LogP contribution in [0.15, 0.2) is 78.0 Å². The molecular formula is C21H25IN6O. The molecule has 2 aromatic carbocycles. The molecule has 0 fully saturated rings. The summed E-state index contributed by atoms with van der Waals surface area (Å²) < 4.78 is 1.59. The van der Waals surface area contributed by atoms with Crippen LogP contribution in [-0.4, -0.2) is 28.7 Å². The SMILES string of the molecule is CN=C(NCc1ccccc1)NCc1cccc(NC(=O)Cn2cccn2)c1.I. The number of halogens is 1. The molecule has 0 bridgehead atoms. The molecule has 0 unspecified atom stereocenters. The summed E-state index contributed by atoms with van der Waals surface area (Å²) in [4.78, 5) is 16.4. The van der Waals surface area contributed by atoms with Crippen molar-refractivity contribution >= 4 is 41.5 Å². The zero-order valence-corrected chi connectivity index (χ0v) is 18.5. The summed E-state index contributed by atoms with van der Waals surface area (Å²) in [5.74, 6) is 0.603. The van der Waals surface area contributed by atoms with E-state index in [1.54, 1.807) is 30.2 Å². The summed E-state index contributed by atoms with van der Waals surface area (Å²) in [5.41, 5.74) is 2.98. The molecule has 29 heavy (non-hydrogen) atoms. The highest BCUT2D eigenvalue weighted by molar-refractivity contribution is 14.0. The van der Waals surface area contributed by atoms with Crippen LogP contribution in [0.3, 0.4) is 0 Å². The Labute approximate surface area is 187 Å². The number of amides is 1. The average molecular weight is 504 g/mol. The summed E-state index contributed by atoms with van der Waals surface area (Å²) in [7, 11) is 1.74. The Kier molecular flexibility index (Phi) is 9.16. The minimum atomic E-state index is -0.117. The Morgan fingerprint density at radius 2 is 1.72 bits per heavy atom. The third-order valence-corrected chi connectivity index (χ3v) is 4.06. The number of guanidine groups is 1. The molecule has 3 aromatic rings. The van der Waals surface area contributed by atoms with Gasteiger partial charge < -0.3 is 16.0 Å². The largest absolute Gasteiger partial charge is 0.352 e. The van der Waals surface area contributed by atoms with Gasteiger partial charge >= 0.3 is 0 Å². The number of aliphatic imine (C=N–C) groups is 1. The normalized spacial score (nSPS) is 10.7. The van der Waals surface area contributed by atoms with Gasteiger partial charge in [-0.15, -0.1) is 24.0 Å². The maximum Gasteiger partial charge on any atom is 0.246 e. The highest BCUT2D eigenvalue weighted by atomic mass is 127. The van der Waals surface area contributed by atoms with Gasteiger partial charge in [-0.05, 0) is 29.3 Å². The van der Waals surface area contributed by atoms with Crippen LogP contribution in [0.2, 0.25) is 0 Å². The Morgan fingerprint density at radius 1 is 1.00 bits per heavy atom. The standard InChI is InChI=1S/C21H24N6O.HI/c1-22-21(23-14-17-7-3-2-4-8-17)24-15-18-9-5-10-19(13-18)26-20(28)16-27-12-6-11-25-27;/h2-13H,14-16H2,1H3,(H,26,28)(H2,22,23,24);1H. The molecule has 8 heteroatoms.